The van der Waals surface area contributed by atoms with Crippen molar-refractivity contribution in [2.45, 2.75) is 32.6 Å². The Hall–Kier alpha value is -3.62. The number of aryl methyl sites for hydroxylation is 1. The second-order valence-electron chi connectivity index (χ2n) is 7.07. The number of rotatable bonds is 6. The van der Waals surface area contributed by atoms with Gasteiger partial charge in [0.25, 0.3) is 5.56 Å². The molecular weight excluding hydrogens is 386 g/mol. The van der Waals surface area contributed by atoms with Crippen LogP contribution in [0.3, 0.4) is 0 Å². The van der Waals surface area contributed by atoms with Crippen LogP contribution in [0.5, 0.6) is 11.5 Å². The molecule has 1 atom stereocenters. The number of hydrogen-bond acceptors (Lipinski definition) is 6. The minimum atomic E-state index is -0.312. The van der Waals surface area contributed by atoms with Crippen LogP contribution in [0.25, 0.3) is 5.82 Å². The minimum Gasteiger partial charge on any atom is -0.493 e. The van der Waals surface area contributed by atoms with Gasteiger partial charge >= 0.3 is 0 Å². The maximum absolute atomic E-state index is 12.6. The Bertz CT molecular complexity index is 1130. The van der Waals surface area contributed by atoms with Gasteiger partial charge in [0.2, 0.25) is 5.91 Å². The number of anilines is 1. The summed E-state index contributed by atoms with van der Waals surface area (Å²) in [6.07, 6.45) is 1.11. The van der Waals surface area contributed by atoms with Crippen LogP contribution in [0, 0.1) is 6.92 Å². The molecule has 2 N–H and O–H groups in total. The van der Waals surface area contributed by atoms with Gasteiger partial charge in [-0.2, -0.15) is 14.9 Å². The lowest BCUT2D eigenvalue weighted by Gasteiger charge is -2.26. The number of amides is 1. The normalized spacial score (nSPS) is 15.4. The molecule has 3 heterocycles. The molecule has 0 spiro atoms. The third kappa shape index (κ3) is 3.42. The second kappa shape index (κ2) is 8.02. The number of nitrogens with one attached hydrogen (secondary N) is 2. The molecule has 30 heavy (non-hydrogen) atoms. The molecule has 1 aliphatic rings. The molecule has 1 aliphatic heterocycles. The molecule has 9 heteroatoms. The van der Waals surface area contributed by atoms with Crippen molar-refractivity contribution in [2.24, 2.45) is 0 Å². The van der Waals surface area contributed by atoms with Crippen LogP contribution >= 0.6 is 0 Å². The number of aromatic nitrogens is 4. The molecule has 1 unspecified atom stereocenters. The fourth-order valence-electron chi connectivity index (χ4n) is 3.76. The average Bonchev–Trinajstić information content (AvgIpc) is 3.08. The number of carbonyl (C=O) groups excluding carboxylic acids is 1. The summed E-state index contributed by atoms with van der Waals surface area (Å²) in [5.41, 5.74) is 2.20. The standard InChI is InChI=1S/C21H23N5O4/c1-4-10-30-20-13(6-5-7-15(20)29-3)14-11-18(28)22-21-19(14)12(2)25-26(21)16-8-9-17(27)24-23-16/h5-9,14H,4,10-11H2,1-3H3,(H,22,28)(H,24,27). The molecule has 1 aromatic carbocycles. The van der Waals surface area contributed by atoms with Crippen LogP contribution in [-0.2, 0) is 4.79 Å². The smallest absolute Gasteiger partial charge is 0.264 e. The van der Waals surface area contributed by atoms with Gasteiger partial charge in [0.05, 0.1) is 19.4 Å². The van der Waals surface area contributed by atoms with E-state index in [0.29, 0.717) is 29.7 Å². The molecule has 156 valence electrons. The molecule has 0 bridgehead atoms. The quantitative estimate of drug-likeness (QED) is 0.647. The zero-order valence-electron chi connectivity index (χ0n) is 17.1. The van der Waals surface area contributed by atoms with Crippen molar-refractivity contribution in [3.8, 4) is 17.3 Å². The molecule has 3 aromatic rings. The largest absolute Gasteiger partial charge is 0.493 e. The zero-order chi connectivity index (χ0) is 21.3. The number of nitrogens with zero attached hydrogens (tertiary/aromatic N) is 3. The van der Waals surface area contributed by atoms with Gasteiger partial charge in [0, 0.05) is 29.5 Å². The fraction of sp³-hybridized carbons (Fsp3) is 0.333. The number of benzene rings is 1. The van der Waals surface area contributed by atoms with E-state index in [1.54, 1.807) is 13.2 Å². The maximum Gasteiger partial charge on any atom is 0.264 e. The zero-order valence-corrected chi connectivity index (χ0v) is 17.1. The first kappa shape index (κ1) is 19.7. The van der Waals surface area contributed by atoms with E-state index in [2.05, 4.69) is 20.6 Å². The lowest BCUT2D eigenvalue weighted by atomic mass is 9.85. The molecule has 0 radical (unpaired) electrons. The summed E-state index contributed by atoms with van der Waals surface area (Å²) in [5.74, 6) is 1.82. The fourth-order valence-corrected chi connectivity index (χ4v) is 3.76. The van der Waals surface area contributed by atoms with E-state index in [1.165, 1.54) is 10.7 Å². The molecule has 0 aliphatic carbocycles. The number of carbonyl (C=O) groups is 1. The lowest BCUT2D eigenvalue weighted by molar-refractivity contribution is -0.116. The van der Waals surface area contributed by atoms with Crippen molar-refractivity contribution in [1.29, 1.82) is 0 Å². The van der Waals surface area contributed by atoms with Crippen LogP contribution in [-0.4, -0.2) is 39.6 Å². The lowest BCUT2D eigenvalue weighted by Crippen LogP contribution is -2.25. The van der Waals surface area contributed by atoms with Gasteiger partial charge in [-0.05, 0) is 25.5 Å². The SMILES string of the molecule is CCCOc1c(OC)cccc1C1CC(=O)Nc2c1c(C)nn2-c1ccc(=O)[nH]n1. The summed E-state index contributed by atoms with van der Waals surface area (Å²) in [4.78, 5) is 24.0. The van der Waals surface area contributed by atoms with Crippen molar-refractivity contribution in [3.05, 3.63) is 57.5 Å². The number of para-hydroxylation sites is 1. The highest BCUT2D eigenvalue weighted by atomic mass is 16.5. The summed E-state index contributed by atoms with van der Waals surface area (Å²) in [7, 11) is 1.60. The molecule has 0 saturated heterocycles. The highest BCUT2D eigenvalue weighted by Crippen LogP contribution is 2.45. The molecule has 1 amide bonds. The van der Waals surface area contributed by atoms with Gasteiger partial charge < -0.3 is 14.8 Å². The first-order chi connectivity index (χ1) is 14.5. The Balaban J connectivity index is 1.87. The van der Waals surface area contributed by atoms with E-state index < -0.39 is 0 Å². The van der Waals surface area contributed by atoms with E-state index in [4.69, 9.17) is 9.47 Å². The number of fused-ring (bicyclic) bond motifs is 1. The van der Waals surface area contributed by atoms with Crippen LogP contribution in [0.4, 0.5) is 5.82 Å². The van der Waals surface area contributed by atoms with E-state index in [1.807, 2.05) is 32.0 Å². The van der Waals surface area contributed by atoms with E-state index in [-0.39, 0.29) is 23.8 Å². The van der Waals surface area contributed by atoms with Crippen molar-refractivity contribution < 1.29 is 14.3 Å². The third-order valence-corrected chi connectivity index (χ3v) is 5.04. The number of methoxy groups -OCH3 is 1. The molecular formula is C21H23N5O4. The monoisotopic (exact) mass is 409 g/mol. The predicted molar refractivity (Wildman–Crippen MR) is 111 cm³/mol. The second-order valence-corrected chi connectivity index (χ2v) is 7.07. The Kier molecular flexibility index (Phi) is 5.26. The van der Waals surface area contributed by atoms with Crippen molar-refractivity contribution in [2.75, 3.05) is 19.0 Å². The van der Waals surface area contributed by atoms with E-state index in [0.717, 1.165) is 23.2 Å². The van der Waals surface area contributed by atoms with Crippen LogP contribution < -0.4 is 20.3 Å². The summed E-state index contributed by atoms with van der Waals surface area (Å²) in [6.45, 7) is 4.46. The maximum atomic E-state index is 12.6. The third-order valence-electron chi connectivity index (χ3n) is 5.04. The molecule has 4 rings (SSSR count). The summed E-state index contributed by atoms with van der Waals surface area (Å²) < 4.78 is 13.1. The van der Waals surface area contributed by atoms with Crippen LogP contribution in [0.2, 0.25) is 0 Å². The highest BCUT2D eigenvalue weighted by molar-refractivity contribution is 5.95. The van der Waals surface area contributed by atoms with Gasteiger partial charge in [0.1, 0.15) is 5.82 Å². The first-order valence-corrected chi connectivity index (χ1v) is 9.78. The molecule has 2 aromatic heterocycles. The number of H-pyrrole nitrogens is 1. The van der Waals surface area contributed by atoms with Gasteiger partial charge in [-0.25, -0.2) is 5.10 Å². The average molecular weight is 409 g/mol. The Morgan fingerprint density at radius 2 is 2.07 bits per heavy atom. The van der Waals surface area contributed by atoms with Gasteiger partial charge in [-0.15, -0.1) is 0 Å². The number of aromatic amines is 1. The summed E-state index contributed by atoms with van der Waals surface area (Å²) in [6, 6.07) is 8.62. The van der Waals surface area contributed by atoms with Crippen molar-refractivity contribution in [1.82, 2.24) is 20.0 Å². The summed E-state index contributed by atoms with van der Waals surface area (Å²) >= 11 is 0. The molecule has 0 saturated carbocycles. The van der Waals surface area contributed by atoms with E-state index in [9.17, 15) is 9.59 Å². The number of ether oxygens (including phenoxy) is 2. The first-order valence-electron chi connectivity index (χ1n) is 9.78. The Morgan fingerprint density at radius 1 is 1.23 bits per heavy atom. The van der Waals surface area contributed by atoms with Gasteiger partial charge in [-0.3, -0.25) is 9.59 Å². The van der Waals surface area contributed by atoms with Crippen LogP contribution in [0.15, 0.2) is 35.1 Å². The highest BCUT2D eigenvalue weighted by Gasteiger charge is 2.35. The molecule has 9 nitrogen and oxygen atoms in total. The predicted octanol–water partition coefficient (Wildman–Crippen LogP) is 2.54. The van der Waals surface area contributed by atoms with E-state index >= 15 is 0 Å². The van der Waals surface area contributed by atoms with Crippen molar-refractivity contribution >= 4 is 11.7 Å². The Morgan fingerprint density at radius 3 is 2.77 bits per heavy atom. The molecule has 0 fully saturated rings. The van der Waals surface area contributed by atoms with Gasteiger partial charge in [-0.1, -0.05) is 19.1 Å². The number of hydrogen-bond donors (Lipinski definition) is 2. The summed E-state index contributed by atoms with van der Waals surface area (Å²) in [5, 5.41) is 13.9. The topological polar surface area (TPSA) is 111 Å². The van der Waals surface area contributed by atoms with Crippen molar-refractivity contribution in [3.63, 3.8) is 0 Å². The Labute approximate surface area is 173 Å². The minimum absolute atomic E-state index is 0.137. The van der Waals surface area contributed by atoms with Gasteiger partial charge in [0.15, 0.2) is 17.3 Å². The van der Waals surface area contributed by atoms with Crippen LogP contribution in [0.1, 0.15) is 42.5 Å².